The molecule has 0 saturated heterocycles. The number of aromatic amines is 2. The summed E-state index contributed by atoms with van der Waals surface area (Å²) in [5, 5.41) is 22.3. The summed E-state index contributed by atoms with van der Waals surface area (Å²) in [5.74, 6) is 0.930. The number of nitrogens with zero attached hydrogens (tertiary/aromatic N) is 5. The monoisotopic (exact) mass is 440 g/mol. The zero-order valence-electron chi connectivity index (χ0n) is 18.0. The second-order valence-corrected chi connectivity index (χ2v) is 8.60. The number of imidazole rings is 1. The van der Waals surface area contributed by atoms with Crippen LogP contribution in [0.1, 0.15) is 32.1 Å². The molecule has 0 bridgehead atoms. The van der Waals surface area contributed by atoms with E-state index in [-0.39, 0.29) is 5.92 Å². The molecule has 6 rings (SSSR count). The highest BCUT2D eigenvalue weighted by Crippen LogP contribution is 2.30. The maximum absolute atomic E-state index is 10.6. The first-order chi connectivity index (χ1) is 16.2. The highest BCUT2D eigenvalue weighted by Gasteiger charge is 2.22. The molecule has 1 aliphatic carbocycles. The molecular weight excluding hydrogens is 416 g/mol. The number of fused-ring (bicyclic) bond motifs is 2. The number of pyridine rings is 3. The lowest BCUT2D eigenvalue weighted by Crippen LogP contribution is -2.30. The van der Waals surface area contributed by atoms with Gasteiger partial charge in [0.1, 0.15) is 11.9 Å². The van der Waals surface area contributed by atoms with Crippen LogP contribution in [0.25, 0.3) is 44.8 Å². The number of H-pyrrole nitrogens is 2. The Kier molecular flexibility index (Phi) is 4.95. The molecule has 1 unspecified atom stereocenters. The number of nitrogens with one attached hydrogen (secondary N) is 3. The van der Waals surface area contributed by atoms with Gasteiger partial charge in [0.2, 0.25) is 0 Å². The highest BCUT2D eigenvalue weighted by atomic mass is 16.3. The van der Waals surface area contributed by atoms with Gasteiger partial charge in [-0.05, 0) is 37.1 Å². The van der Waals surface area contributed by atoms with Crippen LogP contribution in [0.4, 0.5) is 5.69 Å². The summed E-state index contributed by atoms with van der Waals surface area (Å²) in [6.07, 6.45) is 12.2. The molecule has 1 fully saturated rings. The van der Waals surface area contributed by atoms with Gasteiger partial charge in [-0.25, -0.2) is 9.97 Å². The summed E-state index contributed by atoms with van der Waals surface area (Å²) in [4.78, 5) is 21.1. The minimum Gasteiger partial charge on any atom is -0.374 e. The fraction of sp³-hybridized carbons (Fsp3) is 0.292. The summed E-state index contributed by atoms with van der Waals surface area (Å²) >= 11 is 0. The molecule has 4 N–H and O–H groups in total. The van der Waals surface area contributed by atoms with Crippen molar-refractivity contribution in [2.75, 3.05) is 5.32 Å². The Morgan fingerprint density at radius 2 is 1.94 bits per heavy atom. The van der Waals surface area contributed by atoms with Crippen molar-refractivity contribution in [1.82, 2.24) is 35.1 Å². The molecule has 9 nitrogen and oxygen atoms in total. The summed E-state index contributed by atoms with van der Waals surface area (Å²) in [6.45, 7) is 0. The zero-order valence-corrected chi connectivity index (χ0v) is 18.0. The second-order valence-electron chi connectivity index (χ2n) is 8.60. The molecule has 0 aromatic carbocycles. The van der Waals surface area contributed by atoms with Crippen molar-refractivity contribution in [3.05, 3.63) is 49.1 Å². The first kappa shape index (κ1) is 19.8. The smallest absolute Gasteiger partial charge is 0.178 e. The molecule has 1 aliphatic rings. The largest absolute Gasteiger partial charge is 0.374 e. The number of rotatable bonds is 5. The molecular formula is C24H24N8O. The van der Waals surface area contributed by atoms with Gasteiger partial charge >= 0.3 is 0 Å². The SMILES string of the molecule is OC(Nc1cncc(-c2cc3c(-c4nc5ncccc5[nH]4)n[nH]c3cn2)c1)C1CCCCC1. The third kappa shape index (κ3) is 3.80. The summed E-state index contributed by atoms with van der Waals surface area (Å²) < 4.78 is 0. The Bertz CT molecular complexity index is 1390. The maximum atomic E-state index is 10.6. The molecule has 5 aromatic rings. The van der Waals surface area contributed by atoms with Gasteiger partial charge in [-0.15, -0.1) is 0 Å². The van der Waals surface area contributed by atoms with E-state index in [9.17, 15) is 5.11 Å². The molecule has 166 valence electrons. The van der Waals surface area contributed by atoms with Crippen molar-refractivity contribution in [3.8, 4) is 22.8 Å². The van der Waals surface area contributed by atoms with Gasteiger partial charge in [0.15, 0.2) is 11.5 Å². The van der Waals surface area contributed by atoms with Crippen molar-refractivity contribution in [2.24, 2.45) is 5.92 Å². The average molecular weight is 441 g/mol. The predicted molar refractivity (Wildman–Crippen MR) is 126 cm³/mol. The number of anilines is 1. The van der Waals surface area contributed by atoms with E-state index in [0.29, 0.717) is 17.2 Å². The molecule has 1 saturated carbocycles. The van der Waals surface area contributed by atoms with Gasteiger partial charge in [-0.2, -0.15) is 5.10 Å². The first-order valence-electron chi connectivity index (χ1n) is 11.3. The van der Waals surface area contributed by atoms with Crippen LogP contribution in [-0.4, -0.2) is 46.5 Å². The normalized spacial score (nSPS) is 15.8. The molecule has 0 spiro atoms. The molecule has 33 heavy (non-hydrogen) atoms. The number of aliphatic hydroxyl groups is 1. The van der Waals surface area contributed by atoms with Crippen LogP contribution in [0.3, 0.4) is 0 Å². The lowest BCUT2D eigenvalue weighted by atomic mass is 9.88. The van der Waals surface area contributed by atoms with E-state index in [1.54, 1.807) is 24.8 Å². The van der Waals surface area contributed by atoms with Gasteiger partial charge in [0.05, 0.1) is 34.8 Å². The molecule has 0 aliphatic heterocycles. The zero-order chi connectivity index (χ0) is 22.2. The molecule has 5 aromatic heterocycles. The van der Waals surface area contributed by atoms with Crippen LogP contribution < -0.4 is 5.32 Å². The van der Waals surface area contributed by atoms with E-state index >= 15 is 0 Å². The van der Waals surface area contributed by atoms with E-state index < -0.39 is 6.23 Å². The number of hydrogen-bond donors (Lipinski definition) is 4. The second kappa shape index (κ2) is 8.25. The van der Waals surface area contributed by atoms with E-state index in [4.69, 9.17) is 0 Å². The highest BCUT2D eigenvalue weighted by molar-refractivity contribution is 5.94. The fourth-order valence-corrected chi connectivity index (χ4v) is 4.61. The van der Waals surface area contributed by atoms with Gasteiger partial charge in [-0.1, -0.05) is 19.3 Å². The Balaban J connectivity index is 1.31. The van der Waals surface area contributed by atoms with Crippen LogP contribution in [0.2, 0.25) is 0 Å². The van der Waals surface area contributed by atoms with E-state index in [0.717, 1.165) is 46.2 Å². The third-order valence-electron chi connectivity index (χ3n) is 6.37. The number of hydrogen-bond acceptors (Lipinski definition) is 7. The topological polar surface area (TPSA) is 128 Å². The summed E-state index contributed by atoms with van der Waals surface area (Å²) in [7, 11) is 0. The number of aliphatic hydroxyl groups excluding tert-OH is 1. The van der Waals surface area contributed by atoms with Crippen LogP contribution >= 0.6 is 0 Å². The third-order valence-corrected chi connectivity index (χ3v) is 6.37. The van der Waals surface area contributed by atoms with E-state index in [1.165, 1.54) is 19.3 Å². The Morgan fingerprint density at radius 1 is 1.03 bits per heavy atom. The van der Waals surface area contributed by atoms with Crippen molar-refractivity contribution >= 4 is 27.8 Å². The maximum Gasteiger partial charge on any atom is 0.178 e. The van der Waals surface area contributed by atoms with Crippen molar-refractivity contribution in [1.29, 1.82) is 0 Å². The minimum atomic E-state index is -0.569. The van der Waals surface area contributed by atoms with Gasteiger partial charge < -0.3 is 15.4 Å². The minimum absolute atomic E-state index is 0.281. The first-order valence-corrected chi connectivity index (χ1v) is 11.3. The van der Waals surface area contributed by atoms with Crippen LogP contribution in [-0.2, 0) is 0 Å². The average Bonchev–Trinajstić information content (AvgIpc) is 3.48. The summed E-state index contributed by atoms with van der Waals surface area (Å²) in [6, 6.07) is 7.76. The van der Waals surface area contributed by atoms with Crippen molar-refractivity contribution in [3.63, 3.8) is 0 Å². The van der Waals surface area contributed by atoms with Gasteiger partial charge in [-0.3, -0.25) is 15.1 Å². The standard InChI is InChI=1S/C24H24N8O/c33-24(14-5-2-1-3-6-14)28-16-9-15(11-25-12-16)19-10-17-20(13-27-19)31-32-21(17)23-29-18-7-4-8-26-22(18)30-23/h4,7-14,24,28,33H,1-3,5-6H2,(H,31,32)(H,26,29,30). The molecule has 0 radical (unpaired) electrons. The van der Waals surface area contributed by atoms with Crippen molar-refractivity contribution < 1.29 is 5.11 Å². The van der Waals surface area contributed by atoms with Crippen molar-refractivity contribution in [2.45, 2.75) is 38.3 Å². The molecule has 9 heteroatoms. The van der Waals surface area contributed by atoms with Crippen LogP contribution in [0.5, 0.6) is 0 Å². The van der Waals surface area contributed by atoms with E-state index in [2.05, 4.69) is 40.4 Å². The molecule has 5 heterocycles. The fourth-order valence-electron chi connectivity index (χ4n) is 4.61. The quantitative estimate of drug-likeness (QED) is 0.300. The van der Waals surface area contributed by atoms with Gasteiger partial charge in [0, 0.05) is 29.3 Å². The molecule has 1 atom stereocenters. The Hall–Kier alpha value is -3.85. The molecule has 0 amide bonds. The van der Waals surface area contributed by atoms with Gasteiger partial charge in [0.25, 0.3) is 0 Å². The van der Waals surface area contributed by atoms with Crippen LogP contribution in [0, 0.1) is 5.92 Å². The summed E-state index contributed by atoms with van der Waals surface area (Å²) in [5.41, 5.74) is 5.44. The van der Waals surface area contributed by atoms with E-state index in [1.807, 2.05) is 24.3 Å². The number of aromatic nitrogens is 7. The van der Waals surface area contributed by atoms with Crippen LogP contribution in [0.15, 0.2) is 49.1 Å². The lowest BCUT2D eigenvalue weighted by Gasteiger charge is -2.27. The predicted octanol–water partition coefficient (Wildman–Crippen LogP) is 4.27. The lowest BCUT2D eigenvalue weighted by molar-refractivity contribution is 0.109. The Labute approximate surface area is 189 Å². The Morgan fingerprint density at radius 3 is 2.82 bits per heavy atom.